The van der Waals surface area contributed by atoms with Gasteiger partial charge in [0, 0.05) is 19.0 Å². The van der Waals surface area contributed by atoms with Crippen molar-refractivity contribution in [3.63, 3.8) is 0 Å². The highest BCUT2D eigenvalue weighted by Gasteiger charge is 2.18. The summed E-state index contributed by atoms with van der Waals surface area (Å²) in [6, 6.07) is 0.282. The fourth-order valence-electron chi connectivity index (χ4n) is 2.78. The third kappa shape index (κ3) is 11.2. The predicted octanol–water partition coefficient (Wildman–Crippen LogP) is 2.31. The van der Waals surface area contributed by atoms with E-state index in [2.05, 4.69) is 43.5 Å². The molecule has 1 heterocycles. The Morgan fingerprint density at radius 3 is 2.48 bits per heavy atom. The third-order valence-electron chi connectivity index (χ3n) is 3.65. The van der Waals surface area contributed by atoms with Crippen LogP contribution < -0.4 is 10.6 Å². The largest absolute Gasteiger partial charge is 0.352 e. The number of amides is 1. The topological polar surface area (TPSA) is 44.4 Å². The molecule has 1 aliphatic heterocycles. The molecule has 21 heavy (non-hydrogen) atoms. The third-order valence-corrected chi connectivity index (χ3v) is 3.65. The summed E-state index contributed by atoms with van der Waals surface area (Å²) in [6.07, 6.45) is 3.97. The van der Waals surface area contributed by atoms with Crippen molar-refractivity contribution in [3.8, 4) is 0 Å². The van der Waals surface area contributed by atoms with E-state index >= 15 is 0 Å². The average molecular weight is 342 g/mol. The van der Waals surface area contributed by atoms with Crippen molar-refractivity contribution in [1.29, 1.82) is 0 Å². The molecule has 0 aromatic rings. The van der Waals surface area contributed by atoms with Crippen molar-refractivity contribution in [2.75, 3.05) is 33.7 Å². The van der Waals surface area contributed by atoms with E-state index in [0.29, 0.717) is 18.3 Å². The van der Waals surface area contributed by atoms with Gasteiger partial charge < -0.3 is 15.5 Å². The molecule has 6 heteroatoms. The molecule has 0 aromatic carbocycles. The van der Waals surface area contributed by atoms with Crippen LogP contribution >= 0.6 is 24.8 Å². The zero-order valence-electron chi connectivity index (χ0n) is 13.9. The molecule has 0 aliphatic carbocycles. The molecule has 0 radical (unpaired) electrons. The summed E-state index contributed by atoms with van der Waals surface area (Å²) < 4.78 is 0. The quantitative estimate of drug-likeness (QED) is 0.712. The van der Waals surface area contributed by atoms with Gasteiger partial charge in [-0.25, -0.2) is 0 Å². The summed E-state index contributed by atoms with van der Waals surface area (Å²) in [6.45, 7) is 7.54. The van der Waals surface area contributed by atoms with Gasteiger partial charge >= 0.3 is 0 Å². The van der Waals surface area contributed by atoms with Crippen LogP contribution in [0.25, 0.3) is 0 Å². The second-order valence-corrected chi connectivity index (χ2v) is 6.55. The van der Waals surface area contributed by atoms with E-state index in [1.165, 1.54) is 6.42 Å². The number of carbonyl (C=O) groups excluding carboxylic acids is 1. The summed E-state index contributed by atoms with van der Waals surface area (Å²) in [5.74, 6) is 1.53. The van der Waals surface area contributed by atoms with Crippen LogP contribution in [0.4, 0.5) is 0 Å². The maximum atomic E-state index is 12.0. The molecule has 1 saturated heterocycles. The Balaban J connectivity index is 0. The van der Waals surface area contributed by atoms with Gasteiger partial charge in [-0.05, 0) is 58.3 Å². The average Bonchev–Trinajstić information content (AvgIpc) is 2.77. The molecule has 128 valence electrons. The number of nitrogens with zero attached hydrogens (tertiary/aromatic N) is 1. The molecular formula is C15H33Cl2N3O. The standard InChI is InChI=1S/C15H31N3O.2ClH/c1-12(2)9-14(11-18(3)4)17-15(19)6-5-13-7-8-16-10-13;;/h12-14,16H,5-11H2,1-4H3,(H,17,19);2*1H. The molecule has 0 aromatic heterocycles. The molecule has 1 fully saturated rings. The van der Waals surface area contributed by atoms with E-state index in [9.17, 15) is 4.79 Å². The van der Waals surface area contributed by atoms with Crippen molar-refractivity contribution >= 4 is 30.7 Å². The van der Waals surface area contributed by atoms with Crippen LogP contribution in [-0.4, -0.2) is 50.6 Å². The Bertz CT molecular complexity index is 260. The summed E-state index contributed by atoms with van der Waals surface area (Å²) >= 11 is 0. The van der Waals surface area contributed by atoms with Gasteiger partial charge in [-0.2, -0.15) is 0 Å². The molecule has 0 spiro atoms. The van der Waals surface area contributed by atoms with E-state index in [-0.39, 0.29) is 36.8 Å². The van der Waals surface area contributed by atoms with Gasteiger partial charge in [0.2, 0.25) is 5.91 Å². The maximum absolute atomic E-state index is 12.0. The van der Waals surface area contributed by atoms with Crippen molar-refractivity contribution < 1.29 is 4.79 Å². The molecule has 4 nitrogen and oxygen atoms in total. The van der Waals surface area contributed by atoms with Gasteiger partial charge in [-0.1, -0.05) is 13.8 Å². The van der Waals surface area contributed by atoms with Crippen molar-refractivity contribution in [2.24, 2.45) is 11.8 Å². The number of hydrogen-bond acceptors (Lipinski definition) is 3. The Labute approximate surface area is 142 Å². The predicted molar refractivity (Wildman–Crippen MR) is 94.6 cm³/mol. The molecular weight excluding hydrogens is 309 g/mol. The van der Waals surface area contributed by atoms with Crippen LogP contribution in [0.1, 0.15) is 39.5 Å². The van der Waals surface area contributed by atoms with Crippen molar-refractivity contribution in [2.45, 2.75) is 45.6 Å². The van der Waals surface area contributed by atoms with Gasteiger partial charge in [0.05, 0.1) is 0 Å². The number of hydrogen-bond donors (Lipinski definition) is 2. The van der Waals surface area contributed by atoms with Crippen LogP contribution in [0.3, 0.4) is 0 Å². The van der Waals surface area contributed by atoms with Gasteiger partial charge in [0.25, 0.3) is 0 Å². The van der Waals surface area contributed by atoms with E-state index < -0.39 is 0 Å². The molecule has 2 atom stereocenters. The number of carbonyl (C=O) groups is 1. The minimum atomic E-state index is 0. The molecule has 2 N–H and O–H groups in total. The second-order valence-electron chi connectivity index (χ2n) is 6.55. The Kier molecular flexibility index (Phi) is 13.8. The molecule has 1 rings (SSSR count). The first-order chi connectivity index (χ1) is 8.97. The highest BCUT2D eigenvalue weighted by atomic mass is 35.5. The Morgan fingerprint density at radius 2 is 2.00 bits per heavy atom. The van der Waals surface area contributed by atoms with Gasteiger partial charge in [0.15, 0.2) is 0 Å². The van der Waals surface area contributed by atoms with Gasteiger partial charge in [-0.15, -0.1) is 24.8 Å². The van der Waals surface area contributed by atoms with E-state index in [1.807, 2.05) is 0 Å². The fraction of sp³-hybridized carbons (Fsp3) is 0.933. The van der Waals surface area contributed by atoms with Crippen LogP contribution in [0.15, 0.2) is 0 Å². The summed E-state index contributed by atoms with van der Waals surface area (Å²) in [5, 5.41) is 6.55. The van der Waals surface area contributed by atoms with Crippen LogP contribution in [0.2, 0.25) is 0 Å². The Morgan fingerprint density at radius 1 is 1.33 bits per heavy atom. The van der Waals surface area contributed by atoms with Crippen LogP contribution in [-0.2, 0) is 4.79 Å². The molecule has 0 bridgehead atoms. The van der Waals surface area contributed by atoms with Crippen molar-refractivity contribution in [1.82, 2.24) is 15.5 Å². The highest BCUT2D eigenvalue weighted by molar-refractivity contribution is 5.85. The zero-order chi connectivity index (χ0) is 14.3. The number of rotatable bonds is 8. The summed E-state index contributed by atoms with van der Waals surface area (Å²) in [4.78, 5) is 14.2. The second kappa shape index (κ2) is 12.5. The molecule has 0 saturated carbocycles. The number of halogens is 2. The van der Waals surface area contributed by atoms with Crippen LogP contribution in [0.5, 0.6) is 0 Å². The monoisotopic (exact) mass is 341 g/mol. The lowest BCUT2D eigenvalue weighted by Crippen LogP contribution is -2.42. The van der Waals surface area contributed by atoms with Crippen molar-refractivity contribution in [3.05, 3.63) is 0 Å². The summed E-state index contributed by atoms with van der Waals surface area (Å²) in [5.41, 5.74) is 0. The highest BCUT2D eigenvalue weighted by Crippen LogP contribution is 2.14. The Hall–Kier alpha value is -0.0300. The first-order valence-corrected chi connectivity index (χ1v) is 7.62. The number of nitrogens with one attached hydrogen (secondary N) is 2. The lowest BCUT2D eigenvalue weighted by atomic mass is 10.0. The zero-order valence-corrected chi connectivity index (χ0v) is 15.5. The lowest BCUT2D eigenvalue weighted by molar-refractivity contribution is -0.122. The SMILES string of the molecule is CC(C)CC(CN(C)C)NC(=O)CCC1CCNC1.Cl.Cl. The first kappa shape index (κ1) is 23.2. The fourth-order valence-corrected chi connectivity index (χ4v) is 2.78. The first-order valence-electron chi connectivity index (χ1n) is 7.62. The minimum Gasteiger partial charge on any atom is -0.352 e. The summed E-state index contributed by atoms with van der Waals surface area (Å²) in [7, 11) is 4.12. The molecule has 1 amide bonds. The normalized spacial score (nSPS) is 19.0. The van der Waals surface area contributed by atoms with E-state index in [1.54, 1.807) is 0 Å². The number of likely N-dealkylation sites (N-methyl/N-ethyl adjacent to an activating group) is 1. The smallest absolute Gasteiger partial charge is 0.220 e. The van der Waals surface area contributed by atoms with Crippen LogP contribution in [0, 0.1) is 11.8 Å². The molecule has 1 aliphatic rings. The minimum absolute atomic E-state index is 0. The van der Waals surface area contributed by atoms with E-state index in [0.717, 1.165) is 32.5 Å². The van der Waals surface area contributed by atoms with E-state index in [4.69, 9.17) is 0 Å². The molecule has 2 unspecified atom stereocenters. The lowest BCUT2D eigenvalue weighted by Gasteiger charge is -2.24. The van der Waals surface area contributed by atoms with Gasteiger partial charge in [-0.3, -0.25) is 4.79 Å². The maximum Gasteiger partial charge on any atom is 0.220 e. The van der Waals surface area contributed by atoms with Gasteiger partial charge in [0.1, 0.15) is 0 Å².